The number of H-pyrrole nitrogens is 1. The number of benzene rings is 2. The Hall–Kier alpha value is -5.52. The second-order valence-corrected chi connectivity index (χ2v) is 14.1. The maximum atomic E-state index is 11.6. The number of likely N-dealkylation sites (tertiary alicyclic amines) is 2. The van der Waals surface area contributed by atoms with E-state index in [1.807, 2.05) is 51.0 Å². The van der Waals surface area contributed by atoms with Gasteiger partial charge in [-0.3, -0.25) is 14.9 Å². The van der Waals surface area contributed by atoms with E-state index in [1.54, 1.807) is 20.2 Å². The second kappa shape index (κ2) is 22.8. The number of terminal acetylenes is 1. The SMILES string of the molecule is C#CC(=O)OC(C)C.Cc1cc(OCCN2CCCC2)cc(-c2ncn(/C=C\C(=O)OC(C)C)n2)c1.Cc1cc(OCCN2CCCC2)cc(-c2ncn[nH]2)c1. The molecule has 0 unspecified atom stereocenters. The summed E-state index contributed by atoms with van der Waals surface area (Å²) in [6.07, 6.45) is 15.6. The van der Waals surface area contributed by atoms with E-state index in [0.717, 1.165) is 59.3 Å². The molecule has 0 amide bonds. The summed E-state index contributed by atoms with van der Waals surface area (Å²) in [5.74, 6) is 3.91. The van der Waals surface area contributed by atoms with E-state index in [9.17, 15) is 9.59 Å². The Bertz CT molecular complexity index is 1870. The van der Waals surface area contributed by atoms with E-state index in [-0.39, 0.29) is 12.2 Å². The number of aromatic amines is 1. The summed E-state index contributed by atoms with van der Waals surface area (Å²) in [6, 6.07) is 12.1. The van der Waals surface area contributed by atoms with Gasteiger partial charge in [-0.05, 0) is 141 Å². The van der Waals surface area contributed by atoms with Gasteiger partial charge in [0.15, 0.2) is 11.6 Å². The van der Waals surface area contributed by atoms with Crippen molar-refractivity contribution in [3.63, 3.8) is 0 Å². The minimum atomic E-state index is -0.597. The number of esters is 2. The lowest BCUT2D eigenvalue weighted by Gasteiger charge is -2.15. The molecule has 4 aromatic rings. The summed E-state index contributed by atoms with van der Waals surface area (Å²) < 4.78 is 22.9. The number of carbonyl (C=O) groups is 2. The number of nitrogens with zero attached hydrogens (tertiary/aromatic N) is 7. The van der Waals surface area contributed by atoms with Gasteiger partial charge >= 0.3 is 11.9 Å². The van der Waals surface area contributed by atoms with Crippen LogP contribution in [0.2, 0.25) is 0 Å². The first-order chi connectivity index (χ1) is 27.0. The number of ether oxygens (including phenoxy) is 4. The maximum Gasteiger partial charge on any atom is 0.384 e. The zero-order valence-electron chi connectivity index (χ0n) is 33.6. The first-order valence-electron chi connectivity index (χ1n) is 19.2. The Labute approximate surface area is 330 Å². The summed E-state index contributed by atoms with van der Waals surface area (Å²) in [5, 5.41) is 11.2. The average molecular weight is 769 g/mol. The molecule has 0 atom stereocenters. The van der Waals surface area contributed by atoms with Gasteiger partial charge in [-0.25, -0.2) is 24.2 Å². The lowest BCUT2D eigenvalue weighted by molar-refractivity contribution is -0.141. The Balaban J connectivity index is 0.000000216. The highest BCUT2D eigenvalue weighted by Gasteiger charge is 2.13. The van der Waals surface area contributed by atoms with E-state index in [0.29, 0.717) is 12.4 Å². The van der Waals surface area contributed by atoms with E-state index < -0.39 is 11.9 Å². The van der Waals surface area contributed by atoms with Crippen LogP contribution in [0.3, 0.4) is 0 Å². The van der Waals surface area contributed by atoms with Gasteiger partial charge in [0.05, 0.1) is 12.2 Å². The summed E-state index contributed by atoms with van der Waals surface area (Å²) in [5.41, 5.74) is 4.14. The summed E-state index contributed by atoms with van der Waals surface area (Å²) in [4.78, 5) is 35.2. The van der Waals surface area contributed by atoms with Crippen LogP contribution in [0.1, 0.15) is 64.5 Å². The van der Waals surface area contributed by atoms with Crippen molar-refractivity contribution in [3.05, 3.63) is 66.3 Å². The lowest BCUT2D eigenvalue weighted by Crippen LogP contribution is -2.25. The quantitative estimate of drug-likeness (QED) is 0.0697. The number of carbonyl (C=O) groups excluding carboxylic acids is 2. The Morgan fingerprint density at radius 2 is 1.36 bits per heavy atom. The molecular formula is C42H56N8O6. The predicted octanol–water partition coefficient (Wildman–Crippen LogP) is 5.98. The Morgan fingerprint density at radius 1 is 0.804 bits per heavy atom. The van der Waals surface area contributed by atoms with Crippen LogP contribution in [0.25, 0.3) is 29.0 Å². The number of hydrogen-bond donors (Lipinski definition) is 1. The first kappa shape index (κ1) is 43.2. The fourth-order valence-electron chi connectivity index (χ4n) is 6.01. The molecule has 2 saturated heterocycles. The van der Waals surface area contributed by atoms with Crippen LogP contribution in [0.15, 0.2) is 55.1 Å². The second-order valence-electron chi connectivity index (χ2n) is 14.1. The monoisotopic (exact) mass is 768 g/mol. The van der Waals surface area contributed by atoms with Crippen LogP contribution < -0.4 is 9.47 Å². The van der Waals surface area contributed by atoms with Gasteiger partial charge in [0, 0.05) is 42.4 Å². The molecule has 2 aromatic carbocycles. The van der Waals surface area contributed by atoms with Crippen molar-refractivity contribution in [2.75, 3.05) is 52.5 Å². The van der Waals surface area contributed by atoms with Gasteiger partial charge in [-0.1, -0.05) is 0 Å². The maximum absolute atomic E-state index is 11.6. The standard InChI is InChI=1S/C21H28N4O3.C15H20N4O.C6H8O2/c1-16(2)28-20(26)6-9-25-15-22-21(23-25)18-12-17(3)13-19(14-18)27-11-10-24-7-4-5-8-24;1-12-8-13(15-16-11-17-18-15)10-14(9-12)20-7-6-19-4-2-3-5-19;1-4-6(7)8-5(2)3/h6,9,12-16H,4-5,7-8,10-11H2,1-3H3;8-11H,2-7H2,1H3,(H,16,17,18);1,5H,2-3H3/b9-6-;;. The van der Waals surface area contributed by atoms with E-state index in [4.69, 9.17) is 20.6 Å². The molecule has 2 aliphatic heterocycles. The third-order valence-corrected chi connectivity index (χ3v) is 8.48. The van der Waals surface area contributed by atoms with Gasteiger partial charge in [0.1, 0.15) is 37.4 Å². The molecule has 6 rings (SSSR count). The molecule has 0 saturated carbocycles. The fourth-order valence-corrected chi connectivity index (χ4v) is 6.01. The van der Waals surface area contributed by atoms with E-state index in [2.05, 4.69) is 58.9 Å². The van der Waals surface area contributed by atoms with Crippen LogP contribution in [0, 0.1) is 26.2 Å². The number of nitrogens with one attached hydrogen (secondary N) is 1. The molecular weight excluding hydrogens is 713 g/mol. The molecule has 2 fully saturated rings. The van der Waals surface area contributed by atoms with E-state index in [1.165, 1.54) is 75.1 Å². The van der Waals surface area contributed by atoms with Crippen molar-refractivity contribution in [1.29, 1.82) is 0 Å². The highest BCUT2D eigenvalue weighted by Crippen LogP contribution is 2.25. The van der Waals surface area contributed by atoms with Crippen molar-refractivity contribution < 1.29 is 28.5 Å². The zero-order chi connectivity index (χ0) is 40.3. The van der Waals surface area contributed by atoms with Gasteiger partial charge in [0.25, 0.3) is 0 Å². The molecule has 14 nitrogen and oxygen atoms in total. The summed E-state index contributed by atoms with van der Waals surface area (Å²) in [7, 11) is 0. The highest BCUT2D eigenvalue weighted by molar-refractivity contribution is 5.87. The molecule has 2 aromatic heterocycles. The normalized spacial score (nSPS) is 14.2. The van der Waals surface area contributed by atoms with Crippen LogP contribution in [0.5, 0.6) is 11.5 Å². The molecule has 4 heterocycles. The smallest absolute Gasteiger partial charge is 0.384 e. The Morgan fingerprint density at radius 3 is 1.86 bits per heavy atom. The molecule has 56 heavy (non-hydrogen) atoms. The molecule has 300 valence electrons. The summed E-state index contributed by atoms with van der Waals surface area (Å²) in [6.45, 7) is 19.3. The van der Waals surface area contributed by atoms with Crippen LogP contribution in [0.4, 0.5) is 0 Å². The average Bonchev–Trinajstić information content (AvgIpc) is 3.99. The minimum Gasteiger partial charge on any atom is -0.492 e. The van der Waals surface area contributed by atoms with Crippen LogP contribution in [-0.2, 0) is 19.1 Å². The zero-order valence-corrected chi connectivity index (χ0v) is 33.6. The molecule has 0 aliphatic carbocycles. The fraction of sp³-hybridized carbons (Fsp3) is 0.476. The van der Waals surface area contributed by atoms with Gasteiger partial charge in [-0.2, -0.15) is 5.10 Å². The molecule has 0 bridgehead atoms. The van der Waals surface area contributed by atoms with Gasteiger partial charge < -0.3 is 18.9 Å². The van der Waals surface area contributed by atoms with Crippen molar-refractivity contribution >= 4 is 18.1 Å². The van der Waals surface area contributed by atoms with Crippen molar-refractivity contribution in [2.24, 2.45) is 0 Å². The molecule has 2 aliphatic rings. The first-order valence-corrected chi connectivity index (χ1v) is 19.2. The topological polar surface area (TPSA) is 150 Å². The number of aromatic nitrogens is 6. The van der Waals surface area contributed by atoms with E-state index >= 15 is 0 Å². The molecule has 1 N–H and O–H groups in total. The minimum absolute atomic E-state index is 0.112. The number of hydrogen-bond acceptors (Lipinski definition) is 12. The Kier molecular flexibility index (Phi) is 17.6. The number of rotatable bonds is 14. The highest BCUT2D eigenvalue weighted by atomic mass is 16.5. The van der Waals surface area contributed by atoms with Gasteiger partial charge in [0.2, 0.25) is 0 Å². The summed E-state index contributed by atoms with van der Waals surface area (Å²) >= 11 is 0. The van der Waals surface area contributed by atoms with Crippen molar-refractivity contribution in [3.8, 4) is 46.6 Å². The van der Waals surface area contributed by atoms with Crippen LogP contribution >= 0.6 is 0 Å². The molecule has 0 spiro atoms. The predicted molar refractivity (Wildman–Crippen MR) is 216 cm³/mol. The van der Waals surface area contributed by atoms with Gasteiger partial charge in [-0.15, -0.1) is 11.5 Å². The van der Waals surface area contributed by atoms with Crippen molar-refractivity contribution in [2.45, 2.75) is 79.4 Å². The largest absolute Gasteiger partial charge is 0.492 e. The van der Waals surface area contributed by atoms with Crippen molar-refractivity contribution in [1.82, 2.24) is 39.7 Å². The lowest BCUT2D eigenvalue weighted by atomic mass is 10.1. The third kappa shape index (κ3) is 15.7. The molecule has 14 heteroatoms. The number of aryl methyl sites for hydroxylation is 2. The third-order valence-electron chi connectivity index (χ3n) is 8.48. The molecule has 0 radical (unpaired) electrons. The van der Waals surface area contributed by atoms with Crippen LogP contribution in [-0.4, -0.2) is 116 Å².